The van der Waals surface area contributed by atoms with Crippen molar-refractivity contribution in [3.63, 3.8) is 0 Å². The third-order valence-corrected chi connectivity index (χ3v) is 8.40. The smallest absolute Gasteiger partial charge is 0.316 e. The molecule has 32 heavy (non-hydrogen) atoms. The summed E-state index contributed by atoms with van der Waals surface area (Å²) in [5.74, 6) is -0.829. The lowest BCUT2D eigenvalue weighted by Gasteiger charge is -2.37. The van der Waals surface area contributed by atoms with E-state index in [1.807, 2.05) is 0 Å². The van der Waals surface area contributed by atoms with Crippen molar-refractivity contribution in [2.45, 2.75) is 43.3 Å². The fourth-order valence-corrected chi connectivity index (χ4v) is 6.18. The van der Waals surface area contributed by atoms with Crippen LogP contribution in [0.4, 0.5) is 0 Å². The zero-order chi connectivity index (χ0) is 22.3. The SMILES string of the molecule is Cc1ccc(-c2noc(C(=O)N3CCCC3)n2)cc1S(=O)(=O)N1CCC2(CC1)OCCO2. The van der Waals surface area contributed by atoms with E-state index in [2.05, 4.69) is 10.1 Å². The van der Waals surface area contributed by atoms with E-state index in [0.29, 0.717) is 63.4 Å². The number of sulfonamides is 1. The topological polar surface area (TPSA) is 115 Å². The van der Waals surface area contributed by atoms with Gasteiger partial charge in [-0.05, 0) is 31.4 Å². The van der Waals surface area contributed by atoms with Crippen LogP contribution in [0, 0.1) is 6.92 Å². The molecule has 2 aromatic rings. The van der Waals surface area contributed by atoms with Gasteiger partial charge in [0.2, 0.25) is 15.8 Å². The van der Waals surface area contributed by atoms with Crippen LogP contribution < -0.4 is 0 Å². The Morgan fingerprint density at radius 3 is 2.44 bits per heavy atom. The summed E-state index contributed by atoms with van der Waals surface area (Å²) in [5.41, 5.74) is 1.11. The summed E-state index contributed by atoms with van der Waals surface area (Å²) in [4.78, 5) is 18.6. The van der Waals surface area contributed by atoms with Crippen LogP contribution in [0.1, 0.15) is 41.9 Å². The lowest BCUT2D eigenvalue weighted by Crippen LogP contribution is -2.47. The first-order chi connectivity index (χ1) is 15.4. The van der Waals surface area contributed by atoms with Gasteiger partial charge < -0.3 is 18.9 Å². The van der Waals surface area contributed by atoms with E-state index in [0.717, 1.165) is 12.8 Å². The molecule has 0 N–H and O–H groups in total. The second-order valence-electron chi connectivity index (χ2n) is 8.41. The molecule has 0 bridgehead atoms. The van der Waals surface area contributed by atoms with Gasteiger partial charge in [0.25, 0.3) is 0 Å². The molecule has 0 atom stereocenters. The van der Waals surface area contributed by atoms with Gasteiger partial charge >= 0.3 is 11.8 Å². The van der Waals surface area contributed by atoms with Gasteiger partial charge in [-0.3, -0.25) is 4.79 Å². The van der Waals surface area contributed by atoms with Gasteiger partial charge in [-0.2, -0.15) is 9.29 Å². The summed E-state index contributed by atoms with van der Waals surface area (Å²) in [5, 5.41) is 3.92. The van der Waals surface area contributed by atoms with E-state index in [9.17, 15) is 13.2 Å². The Hall–Kier alpha value is -2.34. The maximum atomic E-state index is 13.4. The summed E-state index contributed by atoms with van der Waals surface area (Å²) >= 11 is 0. The number of benzene rings is 1. The largest absolute Gasteiger partial charge is 0.347 e. The number of nitrogens with zero attached hydrogens (tertiary/aromatic N) is 4. The van der Waals surface area contributed by atoms with Crippen LogP contribution in [-0.4, -0.2) is 78.9 Å². The van der Waals surface area contributed by atoms with E-state index < -0.39 is 15.8 Å². The molecule has 172 valence electrons. The number of ether oxygens (including phenoxy) is 2. The summed E-state index contributed by atoms with van der Waals surface area (Å²) in [7, 11) is -3.73. The van der Waals surface area contributed by atoms with Crippen molar-refractivity contribution >= 4 is 15.9 Å². The van der Waals surface area contributed by atoms with E-state index in [4.69, 9.17) is 14.0 Å². The van der Waals surface area contributed by atoms with Crippen molar-refractivity contribution in [3.8, 4) is 11.4 Å². The lowest BCUT2D eigenvalue weighted by molar-refractivity contribution is -0.179. The average Bonchev–Trinajstić information content (AvgIpc) is 3.56. The number of amides is 1. The standard InChI is InChI=1S/C21H26N4O6S/c1-15-4-5-16(18-22-19(31-23-18)20(26)24-8-2-3-9-24)14-17(15)32(27,28)25-10-6-21(7-11-25)29-12-13-30-21/h4-5,14H,2-3,6-13H2,1H3. The Balaban J connectivity index is 1.37. The van der Waals surface area contributed by atoms with Crippen LogP contribution in [0.5, 0.6) is 0 Å². The maximum absolute atomic E-state index is 13.4. The Morgan fingerprint density at radius 1 is 1.06 bits per heavy atom. The van der Waals surface area contributed by atoms with Crippen LogP contribution >= 0.6 is 0 Å². The van der Waals surface area contributed by atoms with Gasteiger partial charge in [-0.15, -0.1) is 0 Å². The molecule has 0 unspecified atom stereocenters. The minimum atomic E-state index is -3.73. The van der Waals surface area contributed by atoms with Crippen molar-refractivity contribution < 1.29 is 27.2 Å². The first-order valence-corrected chi connectivity index (χ1v) is 12.3. The molecule has 0 aliphatic carbocycles. The van der Waals surface area contributed by atoms with E-state index in [1.54, 1.807) is 30.0 Å². The predicted octanol–water partition coefficient (Wildman–Crippen LogP) is 1.81. The van der Waals surface area contributed by atoms with E-state index in [-0.39, 0.29) is 22.5 Å². The number of hydrogen-bond acceptors (Lipinski definition) is 8. The van der Waals surface area contributed by atoms with Gasteiger partial charge in [-0.25, -0.2) is 8.42 Å². The van der Waals surface area contributed by atoms with Crippen molar-refractivity contribution in [2.75, 3.05) is 39.4 Å². The lowest BCUT2D eigenvalue weighted by atomic mass is 10.1. The molecule has 1 aromatic heterocycles. The predicted molar refractivity (Wildman–Crippen MR) is 112 cm³/mol. The second-order valence-corrected chi connectivity index (χ2v) is 10.3. The fourth-order valence-electron chi connectivity index (χ4n) is 4.49. The first kappa shape index (κ1) is 21.5. The van der Waals surface area contributed by atoms with Crippen LogP contribution in [0.25, 0.3) is 11.4 Å². The Kier molecular flexibility index (Phi) is 5.52. The number of piperidine rings is 1. The Labute approximate surface area is 186 Å². The van der Waals surface area contributed by atoms with Gasteiger partial charge in [0.1, 0.15) is 0 Å². The van der Waals surface area contributed by atoms with E-state index >= 15 is 0 Å². The minimum Gasteiger partial charge on any atom is -0.347 e. The summed E-state index contributed by atoms with van der Waals surface area (Å²) in [6, 6.07) is 5.00. The molecule has 4 heterocycles. The number of aromatic nitrogens is 2. The van der Waals surface area contributed by atoms with Crippen molar-refractivity contribution in [2.24, 2.45) is 0 Å². The molecule has 1 spiro atoms. The molecule has 1 amide bonds. The maximum Gasteiger partial charge on any atom is 0.316 e. The zero-order valence-corrected chi connectivity index (χ0v) is 18.8. The molecule has 5 rings (SSSR count). The zero-order valence-electron chi connectivity index (χ0n) is 17.9. The van der Waals surface area contributed by atoms with Crippen LogP contribution in [0.15, 0.2) is 27.6 Å². The normalized spacial score (nSPS) is 21.5. The van der Waals surface area contributed by atoms with Crippen molar-refractivity contribution in [1.29, 1.82) is 0 Å². The summed E-state index contributed by atoms with van der Waals surface area (Å²) in [6.45, 7) is 4.84. The van der Waals surface area contributed by atoms with Crippen LogP contribution in [0.3, 0.4) is 0 Å². The molecule has 3 aliphatic heterocycles. The number of rotatable bonds is 4. The third kappa shape index (κ3) is 3.83. The number of carbonyl (C=O) groups excluding carboxylic acids is 1. The Bertz CT molecular complexity index is 1110. The highest BCUT2D eigenvalue weighted by atomic mass is 32.2. The monoisotopic (exact) mass is 462 g/mol. The van der Waals surface area contributed by atoms with E-state index in [1.165, 1.54) is 4.31 Å². The molecular weight excluding hydrogens is 436 g/mol. The van der Waals surface area contributed by atoms with Gasteiger partial charge in [0.05, 0.1) is 18.1 Å². The number of carbonyl (C=O) groups is 1. The molecule has 10 nitrogen and oxygen atoms in total. The molecule has 0 saturated carbocycles. The molecular formula is C21H26N4O6S. The van der Waals surface area contributed by atoms with Crippen LogP contribution in [-0.2, 0) is 19.5 Å². The van der Waals surface area contributed by atoms with Gasteiger partial charge in [0, 0.05) is 44.6 Å². The highest BCUT2D eigenvalue weighted by Crippen LogP contribution is 2.34. The van der Waals surface area contributed by atoms with Gasteiger partial charge in [-0.1, -0.05) is 17.3 Å². The molecule has 11 heteroatoms. The molecule has 1 aromatic carbocycles. The second kappa shape index (κ2) is 8.22. The number of hydrogen-bond donors (Lipinski definition) is 0. The molecule has 3 saturated heterocycles. The quantitative estimate of drug-likeness (QED) is 0.676. The third-order valence-electron chi connectivity index (χ3n) is 6.36. The van der Waals surface area contributed by atoms with Crippen molar-refractivity contribution in [3.05, 3.63) is 29.7 Å². The van der Waals surface area contributed by atoms with Gasteiger partial charge in [0.15, 0.2) is 5.79 Å². The minimum absolute atomic E-state index is 0.0789. The fraction of sp³-hybridized carbons (Fsp3) is 0.571. The summed E-state index contributed by atoms with van der Waals surface area (Å²) < 4.78 is 44.9. The number of likely N-dealkylation sites (tertiary alicyclic amines) is 1. The van der Waals surface area contributed by atoms with Crippen LogP contribution in [0.2, 0.25) is 0 Å². The number of aryl methyl sites for hydroxylation is 1. The highest BCUT2D eigenvalue weighted by Gasteiger charge is 2.43. The molecule has 0 radical (unpaired) electrons. The first-order valence-electron chi connectivity index (χ1n) is 10.9. The van der Waals surface area contributed by atoms with Crippen molar-refractivity contribution in [1.82, 2.24) is 19.3 Å². The Morgan fingerprint density at radius 2 is 1.75 bits per heavy atom. The highest BCUT2D eigenvalue weighted by molar-refractivity contribution is 7.89. The summed E-state index contributed by atoms with van der Waals surface area (Å²) in [6.07, 6.45) is 2.92. The molecule has 3 aliphatic rings. The average molecular weight is 463 g/mol. The molecule has 3 fully saturated rings.